The third-order valence-electron chi connectivity index (χ3n) is 1.36. The maximum absolute atomic E-state index is 10.5. The summed E-state index contributed by atoms with van der Waals surface area (Å²) < 4.78 is 0.711. The maximum Gasteiger partial charge on any atom is 0.180 e. The normalized spacial score (nSPS) is 9.50. The molecular weight excluding hydrogens is 224 g/mol. The first-order valence-electron chi connectivity index (χ1n) is 3.10. The number of anilines is 1. The van der Waals surface area contributed by atoms with Crippen LogP contribution >= 0.6 is 15.9 Å². The first-order chi connectivity index (χ1) is 5.69. The number of aldehydes is 1. The van der Waals surface area contributed by atoms with Crippen LogP contribution in [-0.2, 0) is 0 Å². The highest BCUT2D eigenvalue weighted by atomic mass is 79.9. The molecule has 1 rings (SSSR count). The SMILES string of the molecule is NOc1c(N)cc(Br)cc1C=O. The summed E-state index contributed by atoms with van der Waals surface area (Å²) in [5.41, 5.74) is 6.17. The van der Waals surface area contributed by atoms with Crippen molar-refractivity contribution >= 4 is 27.9 Å². The summed E-state index contributed by atoms with van der Waals surface area (Å²) >= 11 is 3.18. The van der Waals surface area contributed by atoms with Gasteiger partial charge in [-0.25, -0.2) is 0 Å². The number of carbonyl (C=O) groups excluding carboxylic acids is 1. The Morgan fingerprint density at radius 3 is 2.67 bits per heavy atom. The van der Waals surface area contributed by atoms with Crippen molar-refractivity contribution in [3.63, 3.8) is 0 Å². The van der Waals surface area contributed by atoms with Gasteiger partial charge in [0, 0.05) is 4.47 Å². The lowest BCUT2D eigenvalue weighted by atomic mass is 10.2. The van der Waals surface area contributed by atoms with E-state index in [0.717, 1.165) is 0 Å². The van der Waals surface area contributed by atoms with Gasteiger partial charge in [0.2, 0.25) is 0 Å². The lowest BCUT2D eigenvalue weighted by Crippen LogP contribution is -2.07. The topological polar surface area (TPSA) is 78.3 Å². The van der Waals surface area contributed by atoms with Crippen molar-refractivity contribution in [1.29, 1.82) is 0 Å². The van der Waals surface area contributed by atoms with E-state index in [1.165, 1.54) is 0 Å². The second-order valence-corrected chi connectivity index (χ2v) is 3.06. The van der Waals surface area contributed by atoms with Crippen LogP contribution in [0.2, 0.25) is 0 Å². The molecular formula is C7H7BrN2O2. The molecule has 0 aliphatic carbocycles. The smallest absolute Gasteiger partial charge is 0.180 e. The van der Waals surface area contributed by atoms with E-state index in [0.29, 0.717) is 22.0 Å². The first-order valence-corrected chi connectivity index (χ1v) is 3.89. The number of carbonyl (C=O) groups is 1. The summed E-state index contributed by atoms with van der Waals surface area (Å²) in [7, 11) is 0. The van der Waals surface area contributed by atoms with Gasteiger partial charge in [-0.15, -0.1) is 0 Å². The predicted molar refractivity (Wildman–Crippen MR) is 48.8 cm³/mol. The molecule has 0 saturated heterocycles. The van der Waals surface area contributed by atoms with Crippen molar-refractivity contribution in [2.24, 2.45) is 5.90 Å². The summed E-state index contributed by atoms with van der Waals surface area (Å²) in [5.74, 6) is 5.12. The Morgan fingerprint density at radius 2 is 2.17 bits per heavy atom. The number of nitrogens with two attached hydrogens (primary N) is 2. The Bertz CT molecular complexity index is 315. The van der Waals surface area contributed by atoms with E-state index in [1.807, 2.05) is 0 Å². The van der Waals surface area contributed by atoms with E-state index < -0.39 is 0 Å². The Morgan fingerprint density at radius 1 is 1.50 bits per heavy atom. The highest BCUT2D eigenvalue weighted by Gasteiger charge is 2.07. The number of halogens is 1. The van der Waals surface area contributed by atoms with Crippen LogP contribution in [0.5, 0.6) is 5.75 Å². The summed E-state index contributed by atoms with van der Waals surface area (Å²) in [6, 6.07) is 3.18. The standard InChI is InChI=1S/C7H7BrN2O2/c8-5-1-4(3-11)7(12-10)6(9)2-5/h1-3H,9-10H2. The van der Waals surface area contributed by atoms with Crippen LogP contribution < -0.4 is 16.5 Å². The van der Waals surface area contributed by atoms with E-state index >= 15 is 0 Å². The maximum atomic E-state index is 10.5. The zero-order valence-electron chi connectivity index (χ0n) is 6.08. The molecule has 0 fully saturated rings. The predicted octanol–water partition coefficient (Wildman–Crippen LogP) is 1.10. The molecule has 0 atom stereocenters. The molecule has 0 aromatic heterocycles. The van der Waals surface area contributed by atoms with E-state index in [9.17, 15) is 4.79 Å². The summed E-state index contributed by atoms with van der Waals surface area (Å²) in [6.45, 7) is 0. The monoisotopic (exact) mass is 230 g/mol. The third kappa shape index (κ3) is 1.57. The largest absolute Gasteiger partial charge is 0.409 e. The third-order valence-corrected chi connectivity index (χ3v) is 1.81. The summed E-state index contributed by atoms with van der Waals surface area (Å²) in [6.07, 6.45) is 0.628. The zero-order chi connectivity index (χ0) is 9.14. The minimum Gasteiger partial charge on any atom is -0.409 e. The molecule has 5 heteroatoms. The molecule has 4 nitrogen and oxygen atoms in total. The number of benzene rings is 1. The van der Waals surface area contributed by atoms with Crippen molar-refractivity contribution in [2.45, 2.75) is 0 Å². The molecule has 64 valence electrons. The molecule has 0 bridgehead atoms. The average Bonchev–Trinajstić information content (AvgIpc) is 2.03. The zero-order valence-corrected chi connectivity index (χ0v) is 7.67. The van der Waals surface area contributed by atoms with Gasteiger partial charge in [-0.2, -0.15) is 5.90 Å². The van der Waals surface area contributed by atoms with Crippen LogP contribution in [-0.4, -0.2) is 6.29 Å². The number of rotatable bonds is 2. The molecule has 0 aliphatic heterocycles. The second kappa shape index (κ2) is 3.55. The molecule has 1 aromatic rings. The second-order valence-electron chi connectivity index (χ2n) is 2.15. The van der Waals surface area contributed by atoms with Gasteiger partial charge in [0.15, 0.2) is 12.0 Å². The van der Waals surface area contributed by atoms with Crippen LogP contribution in [0.15, 0.2) is 16.6 Å². The van der Waals surface area contributed by atoms with Crippen molar-refractivity contribution in [3.05, 3.63) is 22.2 Å². The van der Waals surface area contributed by atoms with E-state index in [4.69, 9.17) is 11.6 Å². The van der Waals surface area contributed by atoms with Crippen molar-refractivity contribution in [3.8, 4) is 5.75 Å². The van der Waals surface area contributed by atoms with E-state index in [2.05, 4.69) is 20.8 Å². The fourth-order valence-corrected chi connectivity index (χ4v) is 1.35. The van der Waals surface area contributed by atoms with Crippen LogP contribution in [0.25, 0.3) is 0 Å². The molecule has 0 saturated carbocycles. The van der Waals surface area contributed by atoms with Gasteiger partial charge in [0.1, 0.15) is 0 Å². The Hall–Kier alpha value is -1.07. The quantitative estimate of drug-likeness (QED) is 0.453. The van der Waals surface area contributed by atoms with Gasteiger partial charge < -0.3 is 10.6 Å². The minimum absolute atomic E-state index is 0.202. The molecule has 0 aliphatic rings. The molecule has 0 radical (unpaired) electrons. The van der Waals surface area contributed by atoms with Crippen LogP contribution in [0, 0.1) is 0 Å². The number of hydrogen-bond acceptors (Lipinski definition) is 4. The molecule has 0 amide bonds. The van der Waals surface area contributed by atoms with Gasteiger partial charge in [0.25, 0.3) is 0 Å². The Kier molecular flexibility index (Phi) is 2.67. The fourth-order valence-electron chi connectivity index (χ4n) is 0.860. The van der Waals surface area contributed by atoms with Crippen LogP contribution in [0.4, 0.5) is 5.69 Å². The Labute approximate surface area is 77.6 Å². The Balaban J connectivity index is 3.33. The molecule has 12 heavy (non-hydrogen) atoms. The molecule has 0 unspecified atom stereocenters. The van der Waals surface area contributed by atoms with Crippen molar-refractivity contribution < 1.29 is 9.63 Å². The van der Waals surface area contributed by atoms with Crippen LogP contribution in [0.1, 0.15) is 10.4 Å². The fraction of sp³-hybridized carbons (Fsp3) is 0. The van der Waals surface area contributed by atoms with Gasteiger partial charge in [-0.05, 0) is 12.1 Å². The van der Waals surface area contributed by atoms with Crippen molar-refractivity contribution in [1.82, 2.24) is 0 Å². The minimum atomic E-state index is 0.202. The van der Waals surface area contributed by atoms with Gasteiger partial charge in [-0.3, -0.25) is 4.79 Å². The van der Waals surface area contributed by atoms with Gasteiger partial charge >= 0.3 is 0 Å². The summed E-state index contributed by atoms with van der Waals surface area (Å²) in [4.78, 5) is 14.9. The summed E-state index contributed by atoms with van der Waals surface area (Å²) in [5, 5.41) is 0. The molecule has 0 spiro atoms. The first kappa shape index (κ1) is 9.02. The molecule has 0 heterocycles. The van der Waals surface area contributed by atoms with Crippen molar-refractivity contribution in [2.75, 3.05) is 5.73 Å². The molecule has 4 N–H and O–H groups in total. The lowest BCUT2D eigenvalue weighted by Gasteiger charge is -2.05. The van der Waals surface area contributed by atoms with E-state index in [1.54, 1.807) is 12.1 Å². The van der Waals surface area contributed by atoms with Gasteiger partial charge in [-0.1, -0.05) is 15.9 Å². The molecule has 1 aromatic carbocycles. The van der Waals surface area contributed by atoms with Gasteiger partial charge in [0.05, 0.1) is 11.3 Å². The number of hydrogen-bond donors (Lipinski definition) is 2. The average molecular weight is 231 g/mol. The van der Waals surface area contributed by atoms with E-state index in [-0.39, 0.29) is 5.75 Å². The highest BCUT2D eigenvalue weighted by molar-refractivity contribution is 9.10. The van der Waals surface area contributed by atoms with Crippen LogP contribution in [0.3, 0.4) is 0 Å². The number of nitrogen functional groups attached to an aromatic ring is 1. The lowest BCUT2D eigenvalue weighted by molar-refractivity contribution is 0.111. The highest BCUT2D eigenvalue weighted by Crippen LogP contribution is 2.28.